The van der Waals surface area contributed by atoms with Crippen molar-refractivity contribution in [3.05, 3.63) is 30.3 Å². The molecule has 1 saturated carbocycles. The van der Waals surface area contributed by atoms with Crippen molar-refractivity contribution in [3.63, 3.8) is 0 Å². The minimum atomic E-state index is -3.30. The minimum Gasteiger partial charge on any atom is -0.269 e. The maximum Gasteiger partial charge on any atom is 0.235 e. The van der Waals surface area contributed by atoms with Crippen LogP contribution in [-0.2, 0) is 10.0 Å². The van der Waals surface area contributed by atoms with Crippen molar-refractivity contribution < 1.29 is 8.42 Å². The highest BCUT2D eigenvalue weighted by molar-refractivity contribution is 7.92. The van der Waals surface area contributed by atoms with Gasteiger partial charge in [0.2, 0.25) is 10.0 Å². The third-order valence-electron chi connectivity index (χ3n) is 2.95. The number of hydrogen-bond acceptors (Lipinski definition) is 3. The van der Waals surface area contributed by atoms with Gasteiger partial charge in [-0.25, -0.2) is 8.42 Å². The Balaban J connectivity index is 2.21. The van der Waals surface area contributed by atoms with Gasteiger partial charge < -0.3 is 0 Å². The van der Waals surface area contributed by atoms with E-state index in [-0.39, 0.29) is 18.7 Å². The first-order valence-electron chi connectivity index (χ1n) is 6.06. The lowest BCUT2D eigenvalue weighted by Gasteiger charge is -2.23. The number of sulfonamides is 1. The summed E-state index contributed by atoms with van der Waals surface area (Å²) >= 11 is 0. The normalized spacial score (nSPS) is 15.1. The second kappa shape index (κ2) is 5.40. The summed E-state index contributed by atoms with van der Waals surface area (Å²) < 4.78 is 26.0. The van der Waals surface area contributed by atoms with Gasteiger partial charge in [-0.05, 0) is 30.9 Å². The molecule has 4 nitrogen and oxygen atoms in total. The third kappa shape index (κ3) is 3.23. The summed E-state index contributed by atoms with van der Waals surface area (Å²) in [5, 5.41) is 8.65. The van der Waals surface area contributed by atoms with Gasteiger partial charge in [0.15, 0.2) is 0 Å². The van der Waals surface area contributed by atoms with Gasteiger partial charge in [0.1, 0.15) is 0 Å². The van der Waals surface area contributed by atoms with Crippen molar-refractivity contribution in [1.29, 1.82) is 5.26 Å². The molecule has 0 amide bonds. The van der Waals surface area contributed by atoms with Gasteiger partial charge in [0, 0.05) is 6.54 Å². The molecule has 1 fully saturated rings. The molecule has 18 heavy (non-hydrogen) atoms. The van der Waals surface area contributed by atoms with Crippen LogP contribution in [0.2, 0.25) is 0 Å². The van der Waals surface area contributed by atoms with Crippen LogP contribution in [0.3, 0.4) is 0 Å². The van der Waals surface area contributed by atoms with Crippen molar-refractivity contribution in [3.8, 4) is 6.07 Å². The molecule has 0 radical (unpaired) electrons. The molecule has 0 bridgehead atoms. The van der Waals surface area contributed by atoms with E-state index in [4.69, 9.17) is 5.26 Å². The Hall–Kier alpha value is -1.54. The van der Waals surface area contributed by atoms with Gasteiger partial charge in [-0.3, -0.25) is 4.31 Å². The Morgan fingerprint density at radius 2 is 1.94 bits per heavy atom. The summed E-state index contributed by atoms with van der Waals surface area (Å²) in [5.41, 5.74) is 0.647. The van der Waals surface area contributed by atoms with Gasteiger partial charge in [-0.2, -0.15) is 5.26 Å². The predicted molar refractivity (Wildman–Crippen MR) is 70.5 cm³/mol. The molecule has 0 aliphatic heterocycles. The number of para-hydroxylation sites is 1. The Morgan fingerprint density at radius 1 is 1.28 bits per heavy atom. The fourth-order valence-electron chi connectivity index (χ4n) is 1.85. The van der Waals surface area contributed by atoms with Crippen LogP contribution >= 0.6 is 0 Å². The summed E-state index contributed by atoms with van der Waals surface area (Å²) in [6, 6.07) is 11.0. The van der Waals surface area contributed by atoms with Gasteiger partial charge in [-0.1, -0.05) is 18.2 Å². The molecule has 5 heteroatoms. The molecule has 0 atom stereocenters. The zero-order valence-electron chi connectivity index (χ0n) is 10.1. The topological polar surface area (TPSA) is 61.2 Å². The molecule has 0 unspecified atom stereocenters. The van der Waals surface area contributed by atoms with Crippen LogP contribution < -0.4 is 4.31 Å². The smallest absolute Gasteiger partial charge is 0.235 e. The van der Waals surface area contributed by atoms with E-state index < -0.39 is 10.0 Å². The molecule has 0 saturated heterocycles. The molecular weight excluding hydrogens is 248 g/mol. The maximum atomic E-state index is 12.3. The van der Waals surface area contributed by atoms with Crippen LogP contribution in [0, 0.1) is 17.2 Å². The van der Waals surface area contributed by atoms with Crippen LogP contribution in [0.1, 0.15) is 19.3 Å². The molecule has 0 aromatic heterocycles. The SMILES string of the molecule is N#CCCN(c1ccccc1)S(=O)(=O)CC1CC1. The number of nitrogens with zero attached hydrogens (tertiary/aromatic N) is 2. The average molecular weight is 264 g/mol. The lowest BCUT2D eigenvalue weighted by Crippen LogP contribution is -2.34. The summed E-state index contributed by atoms with van der Waals surface area (Å²) in [7, 11) is -3.30. The maximum absolute atomic E-state index is 12.3. The predicted octanol–water partition coefficient (Wildman–Crippen LogP) is 2.15. The lowest BCUT2D eigenvalue weighted by atomic mass is 10.3. The molecule has 0 heterocycles. The highest BCUT2D eigenvalue weighted by Gasteiger charge is 2.31. The standard InChI is InChI=1S/C13H16N2O2S/c14-9-4-10-15(13-5-2-1-3-6-13)18(16,17)11-12-7-8-12/h1-3,5-6,12H,4,7-8,10-11H2. The van der Waals surface area contributed by atoms with Crippen molar-refractivity contribution in [2.75, 3.05) is 16.6 Å². The summed E-state index contributed by atoms with van der Waals surface area (Å²) in [6.07, 6.45) is 2.21. The lowest BCUT2D eigenvalue weighted by molar-refractivity contribution is 0.587. The first-order valence-corrected chi connectivity index (χ1v) is 7.67. The Bertz CT molecular complexity index is 530. The van der Waals surface area contributed by atoms with Crippen LogP contribution in [0.25, 0.3) is 0 Å². The first kappa shape index (κ1) is 12.9. The van der Waals surface area contributed by atoms with Crippen molar-refractivity contribution >= 4 is 15.7 Å². The van der Waals surface area contributed by atoms with E-state index in [9.17, 15) is 8.42 Å². The fourth-order valence-corrected chi connectivity index (χ4v) is 3.77. The highest BCUT2D eigenvalue weighted by Crippen LogP contribution is 2.32. The van der Waals surface area contributed by atoms with Crippen molar-refractivity contribution in [2.24, 2.45) is 5.92 Å². The fraction of sp³-hybridized carbons (Fsp3) is 0.462. The Morgan fingerprint density at radius 3 is 2.50 bits per heavy atom. The van der Waals surface area contributed by atoms with Crippen molar-refractivity contribution in [2.45, 2.75) is 19.3 Å². The molecule has 0 spiro atoms. The Kier molecular flexibility index (Phi) is 3.87. The van der Waals surface area contributed by atoms with Gasteiger partial charge in [0.05, 0.1) is 23.9 Å². The van der Waals surface area contributed by atoms with E-state index in [2.05, 4.69) is 0 Å². The van der Waals surface area contributed by atoms with E-state index in [1.54, 1.807) is 24.3 Å². The van der Waals surface area contributed by atoms with Gasteiger partial charge >= 0.3 is 0 Å². The molecule has 1 aromatic rings. The largest absolute Gasteiger partial charge is 0.269 e. The Labute approximate surface area is 108 Å². The number of nitriles is 1. The molecule has 96 valence electrons. The van der Waals surface area contributed by atoms with Crippen LogP contribution in [-0.4, -0.2) is 20.7 Å². The molecule has 1 aliphatic rings. The number of benzene rings is 1. The number of rotatable bonds is 6. The summed E-state index contributed by atoms with van der Waals surface area (Å²) in [5.74, 6) is 0.510. The van der Waals surface area contributed by atoms with Crippen molar-refractivity contribution in [1.82, 2.24) is 0 Å². The average Bonchev–Trinajstić information content (AvgIpc) is 3.14. The van der Waals surface area contributed by atoms with E-state index in [1.165, 1.54) is 4.31 Å². The molecule has 0 N–H and O–H groups in total. The van der Waals surface area contributed by atoms with E-state index >= 15 is 0 Å². The zero-order valence-corrected chi connectivity index (χ0v) is 10.9. The van der Waals surface area contributed by atoms with Crippen LogP contribution in [0.15, 0.2) is 30.3 Å². The van der Waals surface area contributed by atoms with Gasteiger partial charge in [0.25, 0.3) is 0 Å². The monoisotopic (exact) mass is 264 g/mol. The van der Waals surface area contributed by atoms with E-state index in [1.807, 2.05) is 12.1 Å². The molecule has 1 aromatic carbocycles. The third-order valence-corrected chi connectivity index (χ3v) is 4.91. The van der Waals surface area contributed by atoms with E-state index in [0.717, 1.165) is 12.8 Å². The number of hydrogen-bond donors (Lipinski definition) is 0. The minimum absolute atomic E-state index is 0.202. The summed E-state index contributed by atoms with van der Waals surface area (Å²) in [4.78, 5) is 0. The van der Waals surface area contributed by atoms with Crippen LogP contribution in [0.5, 0.6) is 0 Å². The zero-order chi connectivity index (χ0) is 13.0. The quantitative estimate of drug-likeness (QED) is 0.791. The highest BCUT2D eigenvalue weighted by atomic mass is 32.2. The molecular formula is C13H16N2O2S. The molecule has 2 rings (SSSR count). The second-order valence-corrected chi connectivity index (χ2v) is 6.48. The van der Waals surface area contributed by atoms with Gasteiger partial charge in [-0.15, -0.1) is 0 Å². The van der Waals surface area contributed by atoms with Crippen LogP contribution in [0.4, 0.5) is 5.69 Å². The summed E-state index contributed by atoms with van der Waals surface area (Å²) in [6.45, 7) is 0.232. The number of anilines is 1. The molecule has 1 aliphatic carbocycles. The second-order valence-electron chi connectivity index (χ2n) is 4.54. The first-order chi connectivity index (χ1) is 8.63. The van der Waals surface area contributed by atoms with E-state index in [0.29, 0.717) is 11.6 Å².